The van der Waals surface area contributed by atoms with Crippen molar-refractivity contribution in [2.24, 2.45) is 0 Å². The molecule has 0 aliphatic carbocycles. The van der Waals surface area contributed by atoms with Gasteiger partial charge in [0.05, 0.1) is 11.4 Å². The van der Waals surface area contributed by atoms with Crippen LogP contribution in [0.5, 0.6) is 0 Å². The second-order valence-corrected chi connectivity index (χ2v) is 13.4. The lowest BCUT2D eigenvalue weighted by molar-refractivity contribution is 0.669. The Hall–Kier alpha value is -7.10. The van der Waals surface area contributed by atoms with E-state index < -0.39 is 0 Å². The van der Waals surface area contributed by atoms with Gasteiger partial charge in [-0.1, -0.05) is 146 Å². The molecule has 248 valence electrons. The summed E-state index contributed by atoms with van der Waals surface area (Å²) in [4.78, 5) is 10.4. The van der Waals surface area contributed by atoms with Crippen LogP contribution < -0.4 is 0 Å². The lowest BCUT2D eigenvalue weighted by Gasteiger charge is -2.15. The fourth-order valence-electron chi connectivity index (χ4n) is 7.42. The molecule has 0 fully saturated rings. The Morgan fingerprint density at radius 3 is 1.70 bits per heavy atom. The van der Waals surface area contributed by atoms with Crippen LogP contribution in [-0.4, -0.2) is 9.97 Å². The van der Waals surface area contributed by atoms with Gasteiger partial charge in [0, 0.05) is 27.5 Å². The molecule has 0 unspecified atom stereocenters. The summed E-state index contributed by atoms with van der Waals surface area (Å²) in [7, 11) is 0. The number of para-hydroxylation sites is 1. The van der Waals surface area contributed by atoms with E-state index in [0.29, 0.717) is 5.82 Å². The van der Waals surface area contributed by atoms with E-state index in [-0.39, 0.29) is 0 Å². The molecule has 0 saturated carbocycles. The van der Waals surface area contributed by atoms with Gasteiger partial charge >= 0.3 is 0 Å². The van der Waals surface area contributed by atoms with Crippen LogP contribution in [-0.2, 0) is 0 Å². The zero-order valence-corrected chi connectivity index (χ0v) is 28.8. The number of fused-ring (bicyclic) bond motifs is 4. The second kappa shape index (κ2) is 12.9. The van der Waals surface area contributed by atoms with Gasteiger partial charge in [-0.15, -0.1) is 0 Å². The molecular weight excluding hydrogens is 645 g/mol. The Morgan fingerprint density at radius 2 is 0.887 bits per heavy atom. The van der Waals surface area contributed by atoms with Crippen molar-refractivity contribution in [2.75, 3.05) is 0 Å². The highest BCUT2D eigenvalue weighted by Gasteiger charge is 2.16. The fraction of sp³-hybridized carbons (Fsp3) is 0. The zero-order chi connectivity index (χ0) is 35.1. The van der Waals surface area contributed by atoms with Crippen LogP contribution in [0.2, 0.25) is 0 Å². The summed E-state index contributed by atoms with van der Waals surface area (Å²) < 4.78 is 6.36. The highest BCUT2D eigenvalue weighted by molar-refractivity contribution is 6.06. The van der Waals surface area contributed by atoms with Crippen LogP contribution in [0.1, 0.15) is 0 Å². The molecule has 0 aliphatic heterocycles. The first-order valence-electron chi connectivity index (χ1n) is 17.9. The molecule has 0 aliphatic rings. The average molecular weight is 677 g/mol. The second-order valence-electron chi connectivity index (χ2n) is 13.4. The normalized spacial score (nSPS) is 11.4. The Balaban J connectivity index is 1.21. The largest absolute Gasteiger partial charge is 0.456 e. The van der Waals surface area contributed by atoms with Crippen molar-refractivity contribution in [3.8, 4) is 67.3 Å². The Labute approximate surface area is 307 Å². The molecule has 2 aromatic heterocycles. The minimum Gasteiger partial charge on any atom is -0.456 e. The summed E-state index contributed by atoms with van der Waals surface area (Å²) in [5.41, 5.74) is 13.3. The molecule has 8 aromatic carbocycles. The standard InChI is InChI=1S/C50H32N2O/c1-3-14-34(15-4-1)42-19-9-10-20-43(42)40-28-39(37-25-26-45-44-21-11-12-22-48(44)53-49(45)31-37)29-41(30-40)47-32-46(51-50(52-47)35-16-5-2-6-17-35)38-24-23-33-13-7-8-18-36(33)27-38/h1-32H. The molecule has 2 heterocycles. The van der Waals surface area contributed by atoms with Gasteiger partial charge in [0.25, 0.3) is 0 Å². The molecule has 0 radical (unpaired) electrons. The van der Waals surface area contributed by atoms with Crippen LogP contribution in [0, 0.1) is 0 Å². The van der Waals surface area contributed by atoms with Crippen molar-refractivity contribution in [3.63, 3.8) is 0 Å². The smallest absolute Gasteiger partial charge is 0.160 e. The third-order valence-corrected chi connectivity index (χ3v) is 10.1. The lowest BCUT2D eigenvalue weighted by atomic mass is 9.90. The molecule has 0 amide bonds. The molecule has 53 heavy (non-hydrogen) atoms. The van der Waals surface area contributed by atoms with Crippen molar-refractivity contribution in [3.05, 3.63) is 194 Å². The number of nitrogens with zero attached hydrogens (tertiary/aromatic N) is 2. The molecule has 3 nitrogen and oxygen atoms in total. The van der Waals surface area contributed by atoms with Crippen LogP contribution >= 0.6 is 0 Å². The van der Waals surface area contributed by atoms with Crippen LogP contribution in [0.25, 0.3) is 100.0 Å². The maximum absolute atomic E-state index is 6.36. The topological polar surface area (TPSA) is 38.9 Å². The molecular formula is C50H32N2O. The quantitative estimate of drug-likeness (QED) is 0.176. The maximum Gasteiger partial charge on any atom is 0.160 e. The van der Waals surface area contributed by atoms with Gasteiger partial charge in [-0.3, -0.25) is 0 Å². The van der Waals surface area contributed by atoms with Gasteiger partial charge < -0.3 is 4.42 Å². The van der Waals surface area contributed by atoms with Gasteiger partial charge in [-0.05, 0) is 92.7 Å². The minimum atomic E-state index is 0.687. The minimum absolute atomic E-state index is 0.687. The summed E-state index contributed by atoms with van der Waals surface area (Å²) in [6, 6.07) is 68.2. The molecule has 0 atom stereocenters. The molecule has 3 heteroatoms. The molecule has 10 aromatic rings. The number of furan rings is 1. The Morgan fingerprint density at radius 1 is 0.302 bits per heavy atom. The van der Waals surface area contributed by atoms with Crippen molar-refractivity contribution < 1.29 is 4.42 Å². The molecule has 0 N–H and O–H groups in total. The number of aromatic nitrogens is 2. The number of hydrogen-bond donors (Lipinski definition) is 0. The van der Waals surface area contributed by atoms with Gasteiger partial charge in [0.15, 0.2) is 5.82 Å². The number of hydrogen-bond acceptors (Lipinski definition) is 3. The third kappa shape index (κ3) is 5.75. The van der Waals surface area contributed by atoms with Crippen molar-refractivity contribution in [1.82, 2.24) is 9.97 Å². The monoisotopic (exact) mass is 676 g/mol. The molecule has 0 saturated heterocycles. The molecule has 0 spiro atoms. The van der Waals surface area contributed by atoms with Crippen molar-refractivity contribution in [1.29, 1.82) is 0 Å². The summed E-state index contributed by atoms with van der Waals surface area (Å²) in [5.74, 6) is 0.687. The van der Waals surface area contributed by atoms with E-state index in [2.05, 4.69) is 164 Å². The lowest BCUT2D eigenvalue weighted by Crippen LogP contribution is -1.97. The Kier molecular flexibility index (Phi) is 7.47. The average Bonchev–Trinajstić information content (AvgIpc) is 3.62. The predicted octanol–water partition coefficient (Wildman–Crippen LogP) is 13.5. The first kappa shape index (κ1) is 30.7. The van der Waals surface area contributed by atoms with Gasteiger partial charge in [0.2, 0.25) is 0 Å². The van der Waals surface area contributed by atoms with E-state index in [0.717, 1.165) is 72.3 Å². The van der Waals surface area contributed by atoms with Gasteiger partial charge in [0.1, 0.15) is 11.2 Å². The first-order valence-corrected chi connectivity index (χ1v) is 17.9. The van der Waals surface area contributed by atoms with E-state index in [1.165, 1.54) is 21.9 Å². The maximum atomic E-state index is 6.36. The SMILES string of the molecule is c1ccc(-c2nc(-c3cc(-c4ccc5c(c4)oc4ccccc45)cc(-c4ccccc4-c4ccccc4)c3)cc(-c3ccc4ccccc4c3)n2)cc1. The number of rotatable bonds is 6. The highest BCUT2D eigenvalue weighted by atomic mass is 16.3. The molecule has 10 rings (SSSR count). The van der Waals surface area contributed by atoms with E-state index in [9.17, 15) is 0 Å². The van der Waals surface area contributed by atoms with Crippen molar-refractivity contribution >= 4 is 32.7 Å². The predicted molar refractivity (Wildman–Crippen MR) is 219 cm³/mol. The van der Waals surface area contributed by atoms with Crippen molar-refractivity contribution in [2.45, 2.75) is 0 Å². The number of benzene rings is 8. The van der Waals surface area contributed by atoms with E-state index in [1.807, 2.05) is 30.3 Å². The summed E-state index contributed by atoms with van der Waals surface area (Å²) in [5, 5.41) is 4.60. The van der Waals surface area contributed by atoms with E-state index >= 15 is 0 Å². The van der Waals surface area contributed by atoms with E-state index in [1.54, 1.807) is 0 Å². The molecule has 0 bridgehead atoms. The Bertz CT molecular complexity index is 2950. The summed E-state index contributed by atoms with van der Waals surface area (Å²) in [6.45, 7) is 0. The van der Waals surface area contributed by atoms with Gasteiger partial charge in [-0.2, -0.15) is 0 Å². The summed E-state index contributed by atoms with van der Waals surface area (Å²) >= 11 is 0. The summed E-state index contributed by atoms with van der Waals surface area (Å²) in [6.07, 6.45) is 0. The highest BCUT2D eigenvalue weighted by Crippen LogP contribution is 2.40. The van der Waals surface area contributed by atoms with Gasteiger partial charge in [-0.25, -0.2) is 9.97 Å². The van der Waals surface area contributed by atoms with Crippen LogP contribution in [0.3, 0.4) is 0 Å². The van der Waals surface area contributed by atoms with Crippen LogP contribution in [0.4, 0.5) is 0 Å². The fourth-order valence-corrected chi connectivity index (χ4v) is 7.42. The zero-order valence-electron chi connectivity index (χ0n) is 28.8. The third-order valence-electron chi connectivity index (χ3n) is 10.1. The van der Waals surface area contributed by atoms with E-state index in [4.69, 9.17) is 14.4 Å². The van der Waals surface area contributed by atoms with Crippen LogP contribution in [0.15, 0.2) is 199 Å². The first-order chi connectivity index (χ1) is 26.2.